The van der Waals surface area contributed by atoms with Gasteiger partial charge >= 0.3 is 19.2 Å². The largest absolute Gasteiger partial charge is 0.496 e. The van der Waals surface area contributed by atoms with Gasteiger partial charge in [0.2, 0.25) is 5.91 Å². The maximum absolute atomic E-state index is 13.5. The van der Waals surface area contributed by atoms with Gasteiger partial charge in [0.15, 0.2) is 5.69 Å². The standard InChI is InChI=1S/C38H57BN6O9/c1-35(2,3)51-33(48)26-13-11-12-23(31(26)50-10)14-15-25(20-39-53-29-19-24-18-28(37(24,7)8)38(29,9)54-39)42-30(46)22-45-21-27(43-44-45)32(47)40-16-17-41-34(49)52-36(4,5)6/h11-13,21,24-25,28-29H,14-20,22H2,1-10H3,(H,40,47)(H,41,49)(H,42,46)/t24-,25?,28-,29+,38-/m0/s1. The van der Waals surface area contributed by atoms with Gasteiger partial charge in [0.05, 0.1) is 25.0 Å². The fraction of sp³-hybridized carbons (Fsp3) is 0.684. The Bertz CT molecular complexity index is 1700. The van der Waals surface area contributed by atoms with Crippen molar-refractivity contribution in [3.63, 3.8) is 0 Å². The van der Waals surface area contributed by atoms with Gasteiger partial charge in [-0.15, -0.1) is 5.10 Å². The molecule has 1 saturated heterocycles. The summed E-state index contributed by atoms with van der Waals surface area (Å²) in [6.07, 6.45) is 4.26. The first-order valence-corrected chi connectivity index (χ1v) is 18.9. The SMILES string of the molecule is COc1c(CCC(CB2O[C@@H]3C[C@@H]4C[C@@H](C4(C)C)[C@]3(C)O2)NC(=O)Cn2cc(C(=O)NCCNC(=O)OC(C)(C)C)nn2)cccc1C(=O)OC(C)(C)C. The maximum atomic E-state index is 13.5. The molecule has 1 unspecified atom stereocenters. The molecule has 2 heterocycles. The fourth-order valence-corrected chi connectivity index (χ4v) is 8.03. The summed E-state index contributed by atoms with van der Waals surface area (Å²) in [5.41, 5.74) is -0.357. The molecule has 1 aromatic heterocycles. The van der Waals surface area contributed by atoms with Gasteiger partial charge in [0, 0.05) is 25.5 Å². The number of nitrogens with one attached hydrogen (secondary N) is 3. The lowest BCUT2D eigenvalue weighted by atomic mass is 9.43. The Balaban J connectivity index is 1.23. The van der Waals surface area contributed by atoms with Crippen molar-refractivity contribution in [3.05, 3.63) is 41.2 Å². The molecule has 1 aromatic carbocycles. The van der Waals surface area contributed by atoms with E-state index >= 15 is 0 Å². The Hall–Kier alpha value is -4.18. The van der Waals surface area contributed by atoms with Gasteiger partial charge in [0.1, 0.15) is 29.1 Å². The molecule has 3 amide bonds. The zero-order chi connectivity index (χ0) is 39.6. The zero-order valence-electron chi connectivity index (χ0n) is 33.4. The van der Waals surface area contributed by atoms with Crippen molar-refractivity contribution in [3.8, 4) is 5.75 Å². The molecule has 296 valence electrons. The van der Waals surface area contributed by atoms with Crippen molar-refractivity contribution in [1.29, 1.82) is 0 Å². The normalized spacial score (nSPS) is 23.4. The molecule has 2 aromatic rings. The maximum Gasteiger partial charge on any atom is 0.459 e. The van der Waals surface area contributed by atoms with Crippen molar-refractivity contribution in [2.45, 2.75) is 130 Å². The van der Waals surface area contributed by atoms with Crippen LogP contribution in [0.25, 0.3) is 0 Å². The summed E-state index contributed by atoms with van der Waals surface area (Å²) in [5, 5.41) is 16.3. The van der Waals surface area contributed by atoms with Gasteiger partial charge in [-0.3, -0.25) is 9.59 Å². The van der Waals surface area contributed by atoms with Crippen molar-refractivity contribution in [1.82, 2.24) is 30.9 Å². The van der Waals surface area contributed by atoms with E-state index in [1.807, 2.05) is 26.8 Å². The third-order valence-corrected chi connectivity index (χ3v) is 10.7. The second kappa shape index (κ2) is 15.9. The van der Waals surface area contributed by atoms with Crippen molar-refractivity contribution in [2.24, 2.45) is 17.3 Å². The van der Waals surface area contributed by atoms with E-state index in [1.54, 1.807) is 32.9 Å². The number of benzene rings is 1. The molecule has 16 heteroatoms. The number of carbonyl (C=O) groups excluding carboxylic acids is 4. The molecule has 5 atom stereocenters. The van der Waals surface area contributed by atoms with Crippen LogP contribution in [0.2, 0.25) is 6.32 Å². The van der Waals surface area contributed by atoms with E-state index in [4.69, 9.17) is 23.5 Å². The van der Waals surface area contributed by atoms with Crippen LogP contribution >= 0.6 is 0 Å². The molecule has 15 nitrogen and oxygen atoms in total. The number of alkyl carbamates (subject to hydrolysis) is 1. The number of amides is 3. The van der Waals surface area contributed by atoms with Gasteiger partial charge in [0.25, 0.3) is 5.91 Å². The number of hydrogen-bond acceptors (Lipinski definition) is 11. The van der Waals surface area contributed by atoms with E-state index in [1.165, 1.54) is 18.0 Å². The van der Waals surface area contributed by atoms with E-state index < -0.39 is 41.9 Å². The van der Waals surface area contributed by atoms with Crippen LogP contribution in [0, 0.1) is 17.3 Å². The minimum Gasteiger partial charge on any atom is -0.496 e. The number of carbonyl (C=O) groups is 4. The van der Waals surface area contributed by atoms with E-state index in [2.05, 4.69) is 47.0 Å². The topological polar surface area (TPSA) is 181 Å². The number of aromatic nitrogens is 3. The summed E-state index contributed by atoms with van der Waals surface area (Å²) >= 11 is 0. The van der Waals surface area contributed by atoms with E-state index in [0.29, 0.717) is 42.3 Å². The summed E-state index contributed by atoms with van der Waals surface area (Å²) in [7, 11) is 1.01. The predicted molar refractivity (Wildman–Crippen MR) is 200 cm³/mol. The molecule has 0 spiro atoms. The highest BCUT2D eigenvalue weighted by Gasteiger charge is 2.67. The highest BCUT2D eigenvalue weighted by Crippen LogP contribution is 2.65. The Kier molecular flexibility index (Phi) is 12.1. The van der Waals surface area contributed by atoms with Crippen LogP contribution in [0.3, 0.4) is 0 Å². The molecule has 0 radical (unpaired) electrons. The second-order valence-corrected chi connectivity index (χ2v) is 17.4. The molecule has 3 aliphatic carbocycles. The number of ether oxygens (including phenoxy) is 3. The lowest BCUT2D eigenvalue weighted by Crippen LogP contribution is -2.65. The summed E-state index contributed by atoms with van der Waals surface area (Å²) in [6.45, 7) is 17.6. The summed E-state index contributed by atoms with van der Waals surface area (Å²) in [6, 6.07) is 4.99. The Morgan fingerprint density at radius 1 is 1.02 bits per heavy atom. The van der Waals surface area contributed by atoms with Crippen molar-refractivity contribution < 1.29 is 42.7 Å². The van der Waals surface area contributed by atoms with Crippen LogP contribution in [-0.2, 0) is 36.5 Å². The second-order valence-electron chi connectivity index (χ2n) is 17.4. The van der Waals surface area contributed by atoms with Gasteiger partial charge in [-0.25, -0.2) is 14.3 Å². The minimum absolute atomic E-state index is 0.00552. The zero-order valence-corrected chi connectivity index (χ0v) is 33.4. The lowest BCUT2D eigenvalue weighted by molar-refractivity contribution is -0.199. The van der Waals surface area contributed by atoms with Gasteiger partial charge < -0.3 is 39.5 Å². The minimum atomic E-state index is -0.673. The molecule has 4 fully saturated rings. The molecule has 3 N–H and O–H groups in total. The van der Waals surface area contributed by atoms with E-state index in [0.717, 1.165) is 18.4 Å². The Morgan fingerprint density at radius 2 is 1.72 bits per heavy atom. The third-order valence-electron chi connectivity index (χ3n) is 10.7. The predicted octanol–water partition coefficient (Wildman–Crippen LogP) is 4.34. The smallest absolute Gasteiger partial charge is 0.459 e. The van der Waals surface area contributed by atoms with Crippen LogP contribution < -0.4 is 20.7 Å². The van der Waals surface area contributed by atoms with Crippen molar-refractivity contribution >= 4 is 31.0 Å². The first-order chi connectivity index (χ1) is 25.2. The number of para-hydroxylation sites is 1. The molecular formula is C38H57BN6O9. The van der Waals surface area contributed by atoms with Crippen LogP contribution in [0.15, 0.2) is 24.4 Å². The van der Waals surface area contributed by atoms with Crippen molar-refractivity contribution in [2.75, 3.05) is 20.2 Å². The number of esters is 1. The molecule has 54 heavy (non-hydrogen) atoms. The lowest BCUT2D eigenvalue weighted by Gasteiger charge is -2.64. The molecule has 2 bridgehead atoms. The third kappa shape index (κ3) is 9.73. The van der Waals surface area contributed by atoms with Crippen LogP contribution in [0.4, 0.5) is 4.79 Å². The molecule has 3 saturated carbocycles. The number of hydrogen-bond donors (Lipinski definition) is 3. The summed E-state index contributed by atoms with van der Waals surface area (Å²) in [4.78, 5) is 51.0. The van der Waals surface area contributed by atoms with E-state index in [-0.39, 0.29) is 48.8 Å². The number of methoxy groups -OCH3 is 1. The summed E-state index contributed by atoms with van der Waals surface area (Å²) in [5.74, 6) is 0.116. The Labute approximate surface area is 318 Å². The molecule has 4 aliphatic rings. The highest BCUT2D eigenvalue weighted by molar-refractivity contribution is 6.45. The quantitative estimate of drug-likeness (QED) is 0.142. The van der Waals surface area contributed by atoms with Gasteiger partial charge in [-0.2, -0.15) is 0 Å². The molecule has 6 rings (SSSR count). The highest BCUT2D eigenvalue weighted by atomic mass is 16.7. The van der Waals surface area contributed by atoms with Crippen LogP contribution in [0.5, 0.6) is 5.75 Å². The monoisotopic (exact) mass is 752 g/mol. The number of nitrogens with zero attached hydrogens (tertiary/aromatic N) is 3. The average molecular weight is 753 g/mol. The first-order valence-electron chi connectivity index (χ1n) is 18.9. The average Bonchev–Trinajstić information content (AvgIpc) is 3.66. The Morgan fingerprint density at radius 3 is 2.39 bits per heavy atom. The van der Waals surface area contributed by atoms with E-state index in [9.17, 15) is 19.2 Å². The molecule has 1 aliphatic heterocycles. The van der Waals surface area contributed by atoms with Gasteiger partial charge in [-0.05, 0) is 103 Å². The fourth-order valence-electron chi connectivity index (χ4n) is 8.03. The van der Waals surface area contributed by atoms with Crippen LogP contribution in [0.1, 0.15) is 108 Å². The number of rotatable bonds is 14. The van der Waals surface area contributed by atoms with Gasteiger partial charge in [-0.1, -0.05) is 31.2 Å². The number of aryl methyl sites for hydroxylation is 1. The molecular weight excluding hydrogens is 695 g/mol. The first kappa shape index (κ1) is 41.0. The van der Waals surface area contributed by atoms with Crippen LogP contribution in [-0.4, -0.2) is 95.1 Å². The summed E-state index contributed by atoms with van der Waals surface area (Å²) < 4.78 is 31.1.